The smallest absolute Gasteiger partial charge is 1.00 e. The van der Waals surface area contributed by atoms with E-state index in [1.807, 2.05) is 6.07 Å². The Bertz CT molecular complexity index is 1310. The third kappa shape index (κ3) is 5.14. The maximum absolute atomic E-state index is 11.2. The Morgan fingerprint density at radius 1 is 1.09 bits per heavy atom. The van der Waals surface area contributed by atoms with Crippen LogP contribution in [0.2, 0.25) is 5.02 Å². The fraction of sp³-hybridized carbons (Fsp3) is 0.0870. The second kappa shape index (κ2) is 10.2. The van der Waals surface area contributed by atoms with E-state index in [0.717, 1.165) is 16.5 Å². The monoisotopic (exact) mass is 459 g/mol. The normalized spacial score (nSPS) is 10.4. The van der Waals surface area contributed by atoms with Crippen molar-refractivity contribution < 1.29 is 50.4 Å². The third-order valence-electron chi connectivity index (χ3n) is 4.68. The number of fused-ring (bicyclic) bond motifs is 1. The van der Waals surface area contributed by atoms with Crippen LogP contribution >= 0.6 is 11.6 Å². The van der Waals surface area contributed by atoms with Crippen molar-refractivity contribution in [3.63, 3.8) is 0 Å². The van der Waals surface area contributed by atoms with Gasteiger partial charge in [0.25, 0.3) is 0 Å². The van der Waals surface area contributed by atoms with Crippen LogP contribution in [0.1, 0.15) is 17.3 Å². The van der Waals surface area contributed by atoms with Crippen molar-refractivity contribution in [2.75, 3.05) is 12.8 Å². The van der Waals surface area contributed by atoms with E-state index < -0.39 is 5.97 Å². The summed E-state index contributed by atoms with van der Waals surface area (Å²) in [6.45, 7) is 0.166. The van der Waals surface area contributed by atoms with E-state index in [1.165, 1.54) is 6.07 Å². The molecular weight excluding hydrogens is 441 g/mol. The number of halogens is 1. The minimum absolute atomic E-state index is 0. The summed E-state index contributed by atoms with van der Waals surface area (Å²) in [6.07, 6.45) is 0. The zero-order valence-corrected chi connectivity index (χ0v) is 20.3. The second-order valence-corrected chi connectivity index (χ2v) is 7.19. The van der Waals surface area contributed by atoms with Gasteiger partial charge in [-0.2, -0.15) is 0 Å². The van der Waals surface area contributed by atoms with Crippen molar-refractivity contribution in [3.8, 4) is 22.8 Å². The topological polar surface area (TPSA) is 108 Å². The van der Waals surface area contributed by atoms with Crippen molar-refractivity contribution in [1.82, 2.24) is 9.97 Å². The third-order valence-corrected chi connectivity index (χ3v) is 4.92. The zero-order valence-electron chi connectivity index (χ0n) is 18.5. The number of anilines is 1. The number of carboxylic acid groups (broad SMARTS) is 1. The van der Waals surface area contributed by atoms with Crippen molar-refractivity contribution in [2.45, 2.75) is 6.61 Å². The molecule has 0 saturated heterocycles. The van der Waals surface area contributed by atoms with Gasteiger partial charge in [-0.15, -0.1) is 0 Å². The van der Waals surface area contributed by atoms with Crippen LogP contribution in [-0.4, -0.2) is 28.2 Å². The summed E-state index contributed by atoms with van der Waals surface area (Å²) >= 11 is 6.18. The molecule has 0 aliphatic heterocycles. The van der Waals surface area contributed by atoms with Crippen molar-refractivity contribution in [3.05, 3.63) is 76.8 Å². The molecule has 4 rings (SSSR count). The first kappa shape index (κ1) is 23.8. The minimum atomic E-state index is -0.992. The number of nitrogen functional groups attached to an aromatic ring is 1. The summed E-state index contributed by atoms with van der Waals surface area (Å²) < 4.78 is 11.4. The van der Waals surface area contributed by atoms with Gasteiger partial charge in [0.2, 0.25) is 5.95 Å². The van der Waals surface area contributed by atoms with Crippen LogP contribution in [-0.2, 0) is 6.61 Å². The Balaban J connectivity index is 0.00000193. The number of methoxy groups -OCH3 is 1. The van der Waals surface area contributed by atoms with Gasteiger partial charge in [-0.05, 0) is 54.1 Å². The molecule has 0 aliphatic rings. The number of rotatable bonds is 6. The van der Waals surface area contributed by atoms with Crippen molar-refractivity contribution in [1.29, 1.82) is 0 Å². The summed E-state index contributed by atoms with van der Waals surface area (Å²) in [6, 6.07) is 17.3. The summed E-state index contributed by atoms with van der Waals surface area (Å²) in [5, 5.41) is 10.5. The van der Waals surface area contributed by atoms with Crippen LogP contribution in [0.5, 0.6) is 11.5 Å². The largest absolute Gasteiger partial charge is 1.00 e. The average molecular weight is 460 g/mol. The summed E-state index contributed by atoms with van der Waals surface area (Å²) in [7, 11) is 1.55. The van der Waals surface area contributed by atoms with Gasteiger partial charge in [0.05, 0.1) is 23.9 Å². The van der Waals surface area contributed by atoms with Gasteiger partial charge in [-0.3, -0.25) is 0 Å². The molecule has 4 aromatic rings. The van der Waals surface area contributed by atoms with E-state index in [-0.39, 0.29) is 49.1 Å². The van der Waals surface area contributed by atoms with Crippen molar-refractivity contribution in [2.24, 2.45) is 0 Å². The predicted octanol–water partition coefficient (Wildman–Crippen LogP) is 1.93. The van der Waals surface area contributed by atoms with E-state index in [1.54, 1.807) is 55.6 Å². The molecule has 3 N–H and O–H groups in total. The fourth-order valence-corrected chi connectivity index (χ4v) is 3.40. The molecule has 0 unspecified atom stereocenters. The van der Waals surface area contributed by atoms with Gasteiger partial charge < -0.3 is 21.7 Å². The number of aromatic carboxylic acids is 1. The Hall–Kier alpha value is -2.84. The predicted molar refractivity (Wildman–Crippen MR) is 120 cm³/mol. The standard InChI is InChI=1S/C23H18ClN3O4.Na.H/c1-30-19-8-5-14(21-17-11-16(24)6-7-18(17)26-23(25)27-21)10-20(19)31-12-13-3-2-4-15(9-13)22(28)29;;/h2-11H,12H2,1H3,(H,28,29)(H2,25,26,27);;/q;+1;-1. The molecular formula is C23H19ClN3NaO4. The maximum Gasteiger partial charge on any atom is 1.00 e. The number of ether oxygens (including phenoxy) is 2. The first-order valence-electron chi connectivity index (χ1n) is 9.31. The molecule has 0 atom stereocenters. The summed E-state index contributed by atoms with van der Waals surface area (Å²) in [5.74, 6) is 0.164. The molecule has 0 spiro atoms. The molecule has 0 saturated carbocycles. The van der Waals surface area contributed by atoms with Gasteiger partial charge in [-0.1, -0.05) is 23.7 Å². The molecule has 1 heterocycles. The number of hydrogen-bond acceptors (Lipinski definition) is 6. The minimum Gasteiger partial charge on any atom is -1.00 e. The molecule has 0 fully saturated rings. The van der Waals surface area contributed by atoms with Gasteiger partial charge in [-0.25, -0.2) is 14.8 Å². The Labute approximate surface area is 212 Å². The Morgan fingerprint density at radius 3 is 2.66 bits per heavy atom. The van der Waals surface area contributed by atoms with E-state index in [0.29, 0.717) is 27.7 Å². The van der Waals surface area contributed by atoms with E-state index in [4.69, 9.17) is 26.8 Å². The van der Waals surface area contributed by atoms with Gasteiger partial charge >= 0.3 is 35.5 Å². The van der Waals surface area contributed by atoms with Crippen molar-refractivity contribution >= 4 is 34.4 Å². The van der Waals surface area contributed by atoms with Crippen LogP contribution in [0.4, 0.5) is 5.95 Å². The van der Waals surface area contributed by atoms with E-state index >= 15 is 0 Å². The van der Waals surface area contributed by atoms with Gasteiger partial charge in [0.15, 0.2) is 11.5 Å². The fourth-order valence-electron chi connectivity index (χ4n) is 3.23. The molecule has 0 radical (unpaired) electrons. The molecule has 158 valence electrons. The summed E-state index contributed by atoms with van der Waals surface area (Å²) in [4.78, 5) is 19.9. The first-order valence-corrected chi connectivity index (χ1v) is 9.68. The molecule has 9 heteroatoms. The molecule has 7 nitrogen and oxygen atoms in total. The maximum atomic E-state index is 11.2. The van der Waals surface area contributed by atoms with Crippen LogP contribution in [0.25, 0.3) is 22.2 Å². The SMILES string of the molecule is COc1ccc(-c2nc(N)nc3ccc(Cl)cc23)cc1OCc1cccc(C(=O)O)c1.[H-].[Na+]. The van der Waals surface area contributed by atoms with Gasteiger partial charge in [0, 0.05) is 16.0 Å². The second-order valence-electron chi connectivity index (χ2n) is 6.75. The average Bonchev–Trinajstić information content (AvgIpc) is 2.77. The Kier molecular flexibility index (Phi) is 7.58. The molecule has 32 heavy (non-hydrogen) atoms. The van der Waals surface area contributed by atoms with E-state index in [9.17, 15) is 9.90 Å². The Morgan fingerprint density at radius 2 is 1.91 bits per heavy atom. The molecule has 0 aliphatic carbocycles. The number of nitrogens with two attached hydrogens (primary N) is 1. The first-order chi connectivity index (χ1) is 14.9. The van der Waals surface area contributed by atoms with Crippen LogP contribution < -0.4 is 44.8 Å². The van der Waals surface area contributed by atoms with E-state index in [2.05, 4.69) is 9.97 Å². The zero-order chi connectivity index (χ0) is 22.0. The van der Waals surface area contributed by atoms with Crippen LogP contribution in [0.15, 0.2) is 60.7 Å². The molecule has 3 aromatic carbocycles. The number of nitrogens with zero attached hydrogens (tertiary/aromatic N) is 2. The molecule has 0 bridgehead atoms. The molecule has 0 amide bonds. The quantitative estimate of drug-likeness (QED) is 0.424. The molecule has 1 aromatic heterocycles. The van der Waals surface area contributed by atoms with Crippen LogP contribution in [0.3, 0.4) is 0 Å². The summed E-state index contributed by atoms with van der Waals surface area (Å²) in [5.41, 5.74) is 8.86. The number of aromatic nitrogens is 2. The number of carbonyl (C=O) groups is 1. The van der Waals surface area contributed by atoms with Crippen LogP contribution in [0, 0.1) is 0 Å². The number of hydrogen-bond donors (Lipinski definition) is 2. The van der Waals surface area contributed by atoms with Gasteiger partial charge in [0.1, 0.15) is 6.61 Å². The number of carboxylic acids is 1. The number of benzene rings is 3.